The van der Waals surface area contributed by atoms with Gasteiger partial charge >= 0.3 is 17.2 Å². The Hall–Kier alpha value is 0.0900. The van der Waals surface area contributed by atoms with Crippen LogP contribution in [0.1, 0.15) is 0 Å². The molecule has 0 aromatic rings. The summed E-state index contributed by atoms with van der Waals surface area (Å²) in [4.78, 5) is 0. The first kappa shape index (κ1) is 13.1. The number of halogens is 9. The van der Waals surface area contributed by atoms with Crippen LogP contribution < -0.4 is 0 Å². The lowest BCUT2D eigenvalue weighted by Crippen LogP contribution is -2.54. The van der Waals surface area contributed by atoms with Crippen LogP contribution in [0.25, 0.3) is 0 Å². The van der Waals surface area contributed by atoms with Crippen molar-refractivity contribution in [1.29, 1.82) is 0 Å². The third-order valence-corrected chi connectivity index (χ3v) is 1.56. The second-order valence-corrected chi connectivity index (χ2v) is 2.85. The van der Waals surface area contributed by atoms with E-state index in [0.29, 0.717) is 0 Å². The molecule has 0 amide bonds. The highest BCUT2D eigenvalue weighted by atomic mass is 35.5. The quantitative estimate of drug-likeness (QED) is 0.532. The van der Waals surface area contributed by atoms with Crippen molar-refractivity contribution in [3.63, 3.8) is 0 Å². The Bertz CT molecular complexity index is 183. The zero-order chi connectivity index (χ0) is 11.1. The summed E-state index contributed by atoms with van der Waals surface area (Å²) in [5.41, 5.74) is -3.95. The molecule has 0 nitrogen and oxygen atoms in total. The summed E-state index contributed by atoms with van der Waals surface area (Å²) in [6.07, 6.45) is 0. The van der Waals surface area contributed by atoms with Crippen LogP contribution in [0.5, 0.6) is 0 Å². The van der Waals surface area contributed by atoms with Gasteiger partial charge in [-0.1, -0.05) is 11.6 Å². The Balaban J connectivity index is 5.04. The molecule has 0 aliphatic carbocycles. The van der Waals surface area contributed by atoms with Crippen LogP contribution >= 0.6 is 23.2 Å². The molecule has 0 spiro atoms. The van der Waals surface area contributed by atoms with Gasteiger partial charge in [0.25, 0.3) is 0 Å². The third kappa shape index (κ3) is 2.12. The van der Waals surface area contributed by atoms with E-state index in [1.54, 1.807) is 0 Å². The first-order valence-electron chi connectivity index (χ1n) is 2.55. The smallest absolute Gasteiger partial charge is 0.223 e. The van der Waals surface area contributed by atoms with Gasteiger partial charge in [0.2, 0.25) is 5.63 Å². The number of hydrogen-bond acceptors (Lipinski definition) is 0. The lowest BCUT2D eigenvalue weighted by molar-refractivity contribution is -0.289. The minimum atomic E-state index is -6.05. The fraction of sp³-hybridized carbons (Fsp3) is 1.00. The SMILES string of the molecule is FC(Cl)C(F)(F)C(F)(F)C(F)(F)Cl. The molecule has 9 heteroatoms. The molecule has 0 aromatic heterocycles. The van der Waals surface area contributed by atoms with Crippen molar-refractivity contribution in [2.45, 2.75) is 22.9 Å². The van der Waals surface area contributed by atoms with E-state index in [9.17, 15) is 30.7 Å². The fourth-order valence-electron chi connectivity index (χ4n) is 0.326. The van der Waals surface area contributed by atoms with Crippen molar-refractivity contribution >= 4 is 23.2 Å². The first-order chi connectivity index (χ1) is 5.44. The molecule has 13 heavy (non-hydrogen) atoms. The second-order valence-electron chi connectivity index (χ2n) is 2.00. The number of rotatable bonds is 3. The van der Waals surface area contributed by atoms with Gasteiger partial charge < -0.3 is 0 Å². The van der Waals surface area contributed by atoms with Crippen molar-refractivity contribution in [2.24, 2.45) is 0 Å². The van der Waals surface area contributed by atoms with Gasteiger partial charge in [-0.15, -0.1) is 0 Å². The maximum absolute atomic E-state index is 12.0. The van der Waals surface area contributed by atoms with E-state index in [2.05, 4.69) is 23.2 Å². The normalized spacial score (nSPS) is 17.3. The summed E-state index contributed by atoms with van der Waals surface area (Å²) in [6.45, 7) is 0. The van der Waals surface area contributed by atoms with Crippen molar-refractivity contribution in [3.8, 4) is 0 Å². The summed E-state index contributed by atoms with van der Waals surface area (Å²) in [5, 5.41) is -5.57. The molecule has 0 radical (unpaired) electrons. The van der Waals surface area contributed by atoms with E-state index in [4.69, 9.17) is 0 Å². The van der Waals surface area contributed by atoms with Crippen LogP contribution in [-0.2, 0) is 0 Å². The molecule has 0 aliphatic rings. The highest BCUT2D eigenvalue weighted by molar-refractivity contribution is 6.23. The van der Waals surface area contributed by atoms with Crippen LogP contribution in [0.3, 0.4) is 0 Å². The lowest BCUT2D eigenvalue weighted by atomic mass is 10.2. The van der Waals surface area contributed by atoms with Crippen LogP contribution in [0, 0.1) is 0 Å². The van der Waals surface area contributed by atoms with Gasteiger partial charge in [-0.3, -0.25) is 0 Å². The van der Waals surface area contributed by atoms with Crippen molar-refractivity contribution in [3.05, 3.63) is 0 Å². The van der Waals surface area contributed by atoms with E-state index in [0.717, 1.165) is 0 Å². The van der Waals surface area contributed by atoms with Gasteiger partial charge in [-0.05, 0) is 11.6 Å². The van der Waals surface area contributed by atoms with E-state index in [1.165, 1.54) is 0 Å². The summed E-state index contributed by atoms with van der Waals surface area (Å²) in [5.74, 6) is -11.8. The molecule has 0 saturated carbocycles. The number of alkyl halides is 9. The zero-order valence-electron chi connectivity index (χ0n) is 5.48. The Labute approximate surface area is 77.6 Å². The van der Waals surface area contributed by atoms with Crippen molar-refractivity contribution < 1.29 is 30.7 Å². The van der Waals surface area contributed by atoms with Crippen LogP contribution in [0.15, 0.2) is 0 Å². The molecule has 0 heterocycles. The Morgan fingerprint density at radius 1 is 0.923 bits per heavy atom. The van der Waals surface area contributed by atoms with Gasteiger partial charge in [-0.2, -0.15) is 26.3 Å². The molecule has 1 unspecified atom stereocenters. The highest BCUT2D eigenvalue weighted by Crippen LogP contribution is 2.50. The molecule has 80 valence electrons. The average Bonchev–Trinajstić information content (AvgIpc) is 1.84. The van der Waals surface area contributed by atoms with Gasteiger partial charge in [0.15, 0.2) is 0 Å². The molecular weight excluding hydrogens is 252 g/mol. The molecule has 1 atom stereocenters. The van der Waals surface area contributed by atoms with Crippen molar-refractivity contribution in [1.82, 2.24) is 0 Å². The third-order valence-electron chi connectivity index (χ3n) is 1.05. The Morgan fingerprint density at radius 2 is 1.23 bits per heavy atom. The van der Waals surface area contributed by atoms with E-state index < -0.39 is 22.9 Å². The molecule has 0 bridgehead atoms. The van der Waals surface area contributed by atoms with Crippen LogP contribution in [-0.4, -0.2) is 22.9 Å². The van der Waals surface area contributed by atoms with Gasteiger partial charge in [0.05, 0.1) is 0 Å². The summed E-state index contributed by atoms with van der Waals surface area (Å²) < 4.78 is 83.0. The number of hydrogen-bond donors (Lipinski definition) is 0. The molecule has 0 fully saturated rings. The monoisotopic (exact) mass is 252 g/mol. The largest absolute Gasteiger partial charge is 0.390 e. The van der Waals surface area contributed by atoms with Gasteiger partial charge in [-0.25, -0.2) is 4.39 Å². The molecule has 0 rings (SSSR count). The minimum Gasteiger partial charge on any atom is -0.223 e. The minimum absolute atomic E-state index is 3.66. The summed E-state index contributed by atoms with van der Waals surface area (Å²) in [6, 6.07) is 0. The zero-order valence-corrected chi connectivity index (χ0v) is 6.99. The molecule has 0 aliphatic heterocycles. The maximum Gasteiger partial charge on any atom is 0.390 e. The summed E-state index contributed by atoms with van der Waals surface area (Å²) in [7, 11) is 0. The molecule has 0 N–H and O–H groups in total. The second kappa shape index (κ2) is 3.34. The Morgan fingerprint density at radius 3 is 1.31 bits per heavy atom. The first-order valence-corrected chi connectivity index (χ1v) is 3.36. The van der Waals surface area contributed by atoms with Crippen molar-refractivity contribution in [2.75, 3.05) is 0 Å². The van der Waals surface area contributed by atoms with Crippen LogP contribution in [0.4, 0.5) is 30.7 Å². The average molecular weight is 253 g/mol. The van der Waals surface area contributed by atoms with E-state index in [-0.39, 0.29) is 0 Å². The van der Waals surface area contributed by atoms with Gasteiger partial charge in [0, 0.05) is 0 Å². The van der Waals surface area contributed by atoms with Gasteiger partial charge in [0.1, 0.15) is 0 Å². The fourth-order valence-corrected chi connectivity index (χ4v) is 0.589. The molecular formula is C4HCl2F7. The van der Waals surface area contributed by atoms with E-state index in [1.807, 2.05) is 0 Å². The highest BCUT2D eigenvalue weighted by Gasteiger charge is 2.74. The lowest BCUT2D eigenvalue weighted by Gasteiger charge is -2.28. The molecule has 0 saturated heterocycles. The molecule has 0 aromatic carbocycles. The maximum atomic E-state index is 12.0. The topological polar surface area (TPSA) is 0 Å². The predicted molar refractivity (Wildman–Crippen MR) is 31.4 cm³/mol. The summed E-state index contributed by atoms with van der Waals surface area (Å²) >= 11 is 7.64. The standard InChI is InChI=1S/C4HCl2F7/c5-1(7)2(8,9)3(10,11)4(6,12)13/h1H. The predicted octanol–water partition coefficient (Wildman–Crippen LogP) is 3.62. The van der Waals surface area contributed by atoms with E-state index >= 15 is 0 Å². The Kier molecular flexibility index (Phi) is 3.37. The van der Waals surface area contributed by atoms with Crippen LogP contribution in [0.2, 0.25) is 0 Å².